The lowest BCUT2D eigenvalue weighted by Crippen LogP contribution is -2.37. The average molecular weight is 312 g/mol. The van der Waals surface area contributed by atoms with Gasteiger partial charge in [0.25, 0.3) is 0 Å². The first kappa shape index (κ1) is 16.9. The van der Waals surface area contributed by atoms with Crippen molar-refractivity contribution in [1.29, 1.82) is 0 Å². The molecule has 0 bridgehead atoms. The molecule has 4 nitrogen and oxygen atoms in total. The lowest BCUT2D eigenvalue weighted by atomic mass is 10.1. The van der Waals surface area contributed by atoms with Gasteiger partial charge in [0.1, 0.15) is 5.75 Å². The third-order valence-electron chi connectivity index (χ3n) is 3.53. The minimum atomic E-state index is -0.0604. The van der Waals surface area contributed by atoms with Crippen LogP contribution in [-0.4, -0.2) is 31.1 Å². The fourth-order valence-electron chi connectivity index (χ4n) is 2.30. The summed E-state index contributed by atoms with van der Waals surface area (Å²) in [6.07, 6.45) is 0.837. The molecule has 0 aliphatic rings. The summed E-state index contributed by atoms with van der Waals surface area (Å²) in [5.41, 5.74) is 2.30. The van der Waals surface area contributed by atoms with Crippen LogP contribution in [0.2, 0.25) is 0 Å². The number of ether oxygens (including phenoxy) is 1. The number of benzene rings is 2. The van der Waals surface area contributed by atoms with Crippen molar-refractivity contribution in [3.63, 3.8) is 0 Å². The maximum absolute atomic E-state index is 12.1. The third-order valence-corrected chi connectivity index (χ3v) is 3.53. The second kappa shape index (κ2) is 8.83. The summed E-state index contributed by atoms with van der Waals surface area (Å²) in [5, 5.41) is 2.95. The van der Waals surface area contributed by atoms with Crippen molar-refractivity contribution >= 4 is 6.03 Å². The Kier molecular flexibility index (Phi) is 6.48. The molecule has 0 aliphatic carbocycles. The molecule has 2 aromatic carbocycles. The van der Waals surface area contributed by atoms with E-state index in [1.165, 1.54) is 5.56 Å². The smallest absolute Gasteiger partial charge is 0.317 e. The fourth-order valence-corrected chi connectivity index (χ4v) is 2.30. The Hall–Kier alpha value is -2.49. The van der Waals surface area contributed by atoms with Gasteiger partial charge in [0.15, 0.2) is 0 Å². The van der Waals surface area contributed by atoms with Gasteiger partial charge < -0.3 is 15.0 Å². The summed E-state index contributed by atoms with van der Waals surface area (Å²) in [6, 6.07) is 17.9. The van der Waals surface area contributed by atoms with Gasteiger partial charge in [0, 0.05) is 20.1 Å². The largest absolute Gasteiger partial charge is 0.494 e. The van der Waals surface area contributed by atoms with Gasteiger partial charge in [0.2, 0.25) is 0 Å². The topological polar surface area (TPSA) is 41.6 Å². The van der Waals surface area contributed by atoms with E-state index in [1.807, 2.05) is 49.4 Å². The normalized spacial score (nSPS) is 10.2. The molecule has 0 aromatic heterocycles. The Morgan fingerprint density at radius 1 is 1.04 bits per heavy atom. The van der Waals surface area contributed by atoms with Crippen LogP contribution in [0.15, 0.2) is 54.6 Å². The second-order valence-corrected chi connectivity index (χ2v) is 5.40. The highest BCUT2D eigenvalue weighted by molar-refractivity contribution is 5.73. The number of carbonyl (C=O) groups is 1. The first-order valence-electron chi connectivity index (χ1n) is 7.93. The Morgan fingerprint density at radius 3 is 2.39 bits per heavy atom. The molecule has 0 aliphatic heterocycles. The molecule has 1 N–H and O–H groups in total. The van der Waals surface area contributed by atoms with Crippen LogP contribution in [0.3, 0.4) is 0 Å². The van der Waals surface area contributed by atoms with Crippen molar-refractivity contribution in [3.05, 3.63) is 65.7 Å². The SMILES string of the molecule is CCOc1ccc(CN(C)C(=O)NCCc2ccccc2)cc1. The molecular formula is C19H24N2O2. The zero-order chi connectivity index (χ0) is 16.5. The van der Waals surface area contributed by atoms with Crippen molar-refractivity contribution in [3.8, 4) is 5.75 Å². The number of nitrogens with one attached hydrogen (secondary N) is 1. The van der Waals surface area contributed by atoms with Gasteiger partial charge in [-0.1, -0.05) is 42.5 Å². The number of amides is 2. The number of urea groups is 1. The fraction of sp³-hybridized carbons (Fsp3) is 0.316. The number of nitrogens with zero attached hydrogens (tertiary/aromatic N) is 1. The number of hydrogen-bond acceptors (Lipinski definition) is 2. The van der Waals surface area contributed by atoms with Crippen LogP contribution in [0.4, 0.5) is 4.79 Å². The third kappa shape index (κ3) is 5.66. The van der Waals surface area contributed by atoms with Crippen LogP contribution in [0, 0.1) is 0 Å². The van der Waals surface area contributed by atoms with E-state index in [9.17, 15) is 4.79 Å². The molecule has 23 heavy (non-hydrogen) atoms. The molecule has 122 valence electrons. The van der Waals surface area contributed by atoms with Gasteiger partial charge in [-0.15, -0.1) is 0 Å². The van der Waals surface area contributed by atoms with Gasteiger partial charge >= 0.3 is 6.03 Å². The van der Waals surface area contributed by atoms with Crippen molar-refractivity contribution in [2.45, 2.75) is 19.9 Å². The first-order chi connectivity index (χ1) is 11.2. The molecule has 2 rings (SSSR count). The molecule has 0 atom stereocenters. The molecule has 0 saturated heterocycles. The first-order valence-corrected chi connectivity index (χ1v) is 7.93. The number of carbonyl (C=O) groups excluding carboxylic acids is 1. The highest BCUT2D eigenvalue weighted by Crippen LogP contribution is 2.13. The predicted octanol–water partition coefficient (Wildman–Crippen LogP) is 3.47. The Bertz CT molecular complexity index is 597. The number of rotatable bonds is 7. The van der Waals surface area contributed by atoms with E-state index in [-0.39, 0.29) is 6.03 Å². The van der Waals surface area contributed by atoms with Crippen molar-refractivity contribution in [2.75, 3.05) is 20.2 Å². The molecule has 0 radical (unpaired) electrons. The zero-order valence-corrected chi connectivity index (χ0v) is 13.8. The molecular weight excluding hydrogens is 288 g/mol. The summed E-state index contributed by atoms with van der Waals surface area (Å²) in [5.74, 6) is 0.853. The highest BCUT2D eigenvalue weighted by Gasteiger charge is 2.08. The van der Waals surface area contributed by atoms with E-state index in [0.29, 0.717) is 19.7 Å². The van der Waals surface area contributed by atoms with Gasteiger partial charge in [-0.25, -0.2) is 4.79 Å². The highest BCUT2D eigenvalue weighted by atomic mass is 16.5. The monoisotopic (exact) mass is 312 g/mol. The van der Waals surface area contributed by atoms with Gasteiger partial charge in [0.05, 0.1) is 6.61 Å². The standard InChI is InChI=1S/C19H24N2O2/c1-3-23-18-11-9-17(10-12-18)15-21(2)19(22)20-14-13-16-7-5-4-6-8-16/h4-12H,3,13-15H2,1-2H3,(H,20,22). The van der Waals surface area contributed by atoms with E-state index >= 15 is 0 Å². The van der Waals surface area contributed by atoms with E-state index in [0.717, 1.165) is 17.7 Å². The molecule has 0 fully saturated rings. The van der Waals surface area contributed by atoms with Gasteiger partial charge in [-0.3, -0.25) is 0 Å². The Labute approximate surface area is 138 Å². The van der Waals surface area contributed by atoms with Gasteiger partial charge in [-0.05, 0) is 36.6 Å². The van der Waals surface area contributed by atoms with E-state index in [2.05, 4.69) is 17.4 Å². The summed E-state index contributed by atoms with van der Waals surface area (Å²) in [7, 11) is 1.80. The van der Waals surface area contributed by atoms with Crippen molar-refractivity contribution in [2.24, 2.45) is 0 Å². The van der Waals surface area contributed by atoms with Crippen LogP contribution >= 0.6 is 0 Å². The van der Waals surface area contributed by atoms with E-state index in [1.54, 1.807) is 11.9 Å². The number of hydrogen-bond donors (Lipinski definition) is 1. The summed E-state index contributed by atoms with van der Waals surface area (Å²) in [6.45, 7) is 3.82. The Balaban J connectivity index is 1.75. The quantitative estimate of drug-likeness (QED) is 0.850. The minimum absolute atomic E-state index is 0.0604. The maximum Gasteiger partial charge on any atom is 0.317 e. The molecule has 2 aromatic rings. The zero-order valence-electron chi connectivity index (χ0n) is 13.8. The molecule has 0 unspecified atom stereocenters. The van der Waals surface area contributed by atoms with Crippen LogP contribution in [0.5, 0.6) is 5.75 Å². The molecule has 2 amide bonds. The van der Waals surface area contributed by atoms with Crippen LogP contribution < -0.4 is 10.1 Å². The summed E-state index contributed by atoms with van der Waals surface area (Å²) in [4.78, 5) is 13.8. The second-order valence-electron chi connectivity index (χ2n) is 5.40. The minimum Gasteiger partial charge on any atom is -0.494 e. The lowest BCUT2D eigenvalue weighted by molar-refractivity contribution is 0.207. The summed E-state index contributed by atoms with van der Waals surface area (Å²) < 4.78 is 5.42. The molecule has 4 heteroatoms. The molecule has 0 heterocycles. The molecule has 0 spiro atoms. The van der Waals surface area contributed by atoms with Crippen LogP contribution in [0.25, 0.3) is 0 Å². The van der Waals surface area contributed by atoms with Crippen LogP contribution in [0.1, 0.15) is 18.1 Å². The predicted molar refractivity (Wildman–Crippen MR) is 92.6 cm³/mol. The maximum atomic E-state index is 12.1. The molecule has 0 saturated carbocycles. The van der Waals surface area contributed by atoms with E-state index in [4.69, 9.17) is 4.74 Å². The average Bonchev–Trinajstić information content (AvgIpc) is 2.57. The van der Waals surface area contributed by atoms with Crippen molar-refractivity contribution in [1.82, 2.24) is 10.2 Å². The van der Waals surface area contributed by atoms with E-state index < -0.39 is 0 Å². The lowest BCUT2D eigenvalue weighted by Gasteiger charge is -2.18. The van der Waals surface area contributed by atoms with Crippen molar-refractivity contribution < 1.29 is 9.53 Å². The van der Waals surface area contributed by atoms with Crippen LogP contribution in [-0.2, 0) is 13.0 Å². The Morgan fingerprint density at radius 2 is 1.74 bits per heavy atom. The summed E-state index contributed by atoms with van der Waals surface area (Å²) >= 11 is 0. The van der Waals surface area contributed by atoms with Gasteiger partial charge in [-0.2, -0.15) is 0 Å².